The highest BCUT2D eigenvalue weighted by atomic mass is 16.6. The number of ether oxygens (including phenoxy) is 3. The maximum absolute atomic E-state index is 12.8. The Morgan fingerprint density at radius 3 is 2.70 bits per heavy atom. The van der Waals surface area contributed by atoms with Crippen molar-refractivity contribution in [2.45, 2.75) is 63.6 Å². The first kappa shape index (κ1) is 18.1. The van der Waals surface area contributed by atoms with Gasteiger partial charge in [-0.3, -0.25) is 4.79 Å². The third-order valence-electron chi connectivity index (χ3n) is 6.41. The van der Waals surface area contributed by atoms with Crippen molar-refractivity contribution >= 4 is 17.7 Å². The number of carbonyl (C=O) groups excluding carboxylic acids is 3. The van der Waals surface area contributed by atoms with Crippen LogP contribution in [-0.2, 0) is 28.6 Å². The van der Waals surface area contributed by atoms with Crippen LogP contribution in [0.1, 0.15) is 34.1 Å². The number of Topliss-reactive ketones (excluding diaryl/α,β-unsaturated/α-hetero) is 1. The number of allylic oxidation sites excluding steroid dienone is 1. The van der Waals surface area contributed by atoms with Crippen LogP contribution >= 0.6 is 0 Å². The van der Waals surface area contributed by atoms with Crippen LogP contribution in [0.4, 0.5) is 0 Å². The van der Waals surface area contributed by atoms with E-state index in [0.29, 0.717) is 11.1 Å². The number of hydrogen-bond donors (Lipinski definition) is 1. The molecule has 0 radical (unpaired) electrons. The molecule has 0 aromatic rings. The molecule has 7 nitrogen and oxygen atoms in total. The largest absolute Gasteiger partial charge is 0.458 e. The van der Waals surface area contributed by atoms with Crippen LogP contribution in [-0.4, -0.2) is 52.3 Å². The summed E-state index contributed by atoms with van der Waals surface area (Å²) in [6.45, 7) is 10.5. The van der Waals surface area contributed by atoms with Crippen LogP contribution in [0.5, 0.6) is 0 Å². The first-order valence-corrected chi connectivity index (χ1v) is 8.96. The molecule has 6 unspecified atom stereocenters. The third kappa shape index (κ3) is 2.07. The Morgan fingerprint density at radius 2 is 2.07 bits per heavy atom. The van der Waals surface area contributed by atoms with Crippen molar-refractivity contribution in [2.75, 3.05) is 0 Å². The minimum Gasteiger partial charge on any atom is -0.458 e. The number of carbonyl (C=O) groups is 3. The molecule has 4 aliphatic rings. The molecule has 1 saturated carbocycles. The lowest BCUT2D eigenvalue weighted by Crippen LogP contribution is -2.56. The van der Waals surface area contributed by atoms with Gasteiger partial charge in [-0.15, -0.1) is 0 Å². The molecule has 7 heteroatoms. The van der Waals surface area contributed by atoms with Gasteiger partial charge in [0.15, 0.2) is 17.5 Å². The minimum absolute atomic E-state index is 0.124. The van der Waals surface area contributed by atoms with E-state index in [-0.39, 0.29) is 23.4 Å². The van der Waals surface area contributed by atoms with Crippen LogP contribution < -0.4 is 0 Å². The molecule has 0 spiro atoms. The van der Waals surface area contributed by atoms with E-state index in [0.717, 1.165) is 0 Å². The minimum atomic E-state index is -1.80. The summed E-state index contributed by atoms with van der Waals surface area (Å²) in [6, 6.07) is 0. The molecule has 2 heterocycles. The molecule has 2 aliphatic carbocycles. The predicted molar refractivity (Wildman–Crippen MR) is 92.4 cm³/mol. The SMILES string of the molecule is C=C1C(=O)OC2C1C(OC(=O)/C(C)=C\C)CC(C)=C1C(=O)C3OC3(C)C12O. The molecule has 27 heavy (non-hydrogen) atoms. The van der Waals surface area contributed by atoms with Crippen LogP contribution in [0.25, 0.3) is 0 Å². The second-order valence-corrected chi connectivity index (χ2v) is 7.89. The zero-order valence-electron chi connectivity index (χ0n) is 15.7. The Labute approximate surface area is 156 Å². The van der Waals surface area contributed by atoms with Crippen LogP contribution in [0.15, 0.2) is 34.9 Å². The van der Waals surface area contributed by atoms with Crippen molar-refractivity contribution < 1.29 is 33.7 Å². The van der Waals surface area contributed by atoms with E-state index in [1.165, 1.54) is 0 Å². The van der Waals surface area contributed by atoms with E-state index in [1.54, 1.807) is 33.8 Å². The summed E-state index contributed by atoms with van der Waals surface area (Å²) >= 11 is 0. The van der Waals surface area contributed by atoms with E-state index in [2.05, 4.69) is 6.58 Å². The molecule has 0 aromatic carbocycles. The fourth-order valence-corrected chi connectivity index (χ4v) is 4.67. The Hall–Kier alpha value is -2.25. The van der Waals surface area contributed by atoms with Crippen LogP contribution in [0.3, 0.4) is 0 Å². The average molecular weight is 374 g/mol. The summed E-state index contributed by atoms with van der Waals surface area (Å²) in [6.07, 6.45) is -0.805. The maximum atomic E-state index is 12.8. The van der Waals surface area contributed by atoms with Gasteiger partial charge in [-0.1, -0.05) is 18.2 Å². The Bertz CT molecular complexity index is 866. The Morgan fingerprint density at radius 1 is 1.41 bits per heavy atom. The molecular formula is C20H22O7. The number of aliphatic hydroxyl groups is 1. The summed E-state index contributed by atoms with van der Waals surface area (Å²) in [4.78, 5) is 37.4. The summed E-state index contributed by atoms with van der Waals surface area (Å²) < 4.78 is 16.6. The Balaban J connectivity index is 1.83. The second-order valence-electron chi connectivity index (χ2n) is 7.89. The molecular weight excluding hydrogens is 352 g/mol. The van der Waals surface area contributed by atoms with E-state index in [4.69, 9.17) is 14.2 Å². The van der Waals surface area contributed by atoms with Gasteiger partial charge < -0.3 is 19.3 Å². The highest BCUT2D eigenvalue weighted by Crippen LogP contribution is 2.62. The normalized spacial score (nSPS) is 43.0. The zero-order chi connectivity index (χ0) is 19.9. The molecule has 0 amide bonds. The zero-order valence-corrected chi connectivity index (χ0v) is 15.7. The van der Waals surface area contributed by atoms with Crippen LogP contribution in [0, 0.1) is 5.92 Å². The summed E-state index contributed by atoms with van der Waals surface area (Å²) in [7, 11) is 0. The van der Waals surface area contributed by atoms with Crippen molar-refractivity contribution in [3.8, 4) is 0 Å². The van der Waals surface area contributed by atoms with Crippen molar-refractivity contribution in [3.05, 3.63) is 34.9 Å². The van der Waals surface area contributed by atoms with Gasteiger partial charge in [-0.05, 0) is 27.7 Å². The molecule has 6 atom stereocenters. The molecule has 144 valence electrons. The average Bonchev–Trinajstić information content (AvgIpc) is 3.20. The summed E-state index contributed by atoms with van der Waals surface area (Å²) in [5.41, 5.74) is -1.60. The monoisotopic (exact) mass is 374 g/mol. The molecule has 0 bridgehead atoms. The third-order valence-corrected chi connectivity index (χ3v) is 6.41. The van der Waals surface area contributed by atoms with E-state index >= 15 is 0 Å². The van der Waals surface area contributed by atoms with Crippen LogP contribution in [0.2, 0.25) is 0 Å². The molecule has 2 aliphatic heterocycles. The smallest absolute Gasteiger partial charge is 0.334 e. The number of fused-ring (bicyclic) bond motifs is 5. The lowest BCUT2D eigenvalue weighted by molar-refractivity contribution is -0.163. The highest BCUT2D eigenvalue weighted by molar-refractivity contribution is 6.09. The highest BCUT2D eigenvalue weighted by Gasteiger charge is 2.82. The van der Waals surface area contributed by atoms with Gasteiger partial charge in [0.2, 0.25) is 0 Å². The molecule has 3 fully saturated rings. The van der Waals surface area contributed by atoms with Gasteiger partial charge in [0.1, 0.15) is 17.8 Å². The topological polar surface area (TPSA) is 102 Å². The lowest BCUT2D eigenvalue weighted by Gasteiger charge is -2.37. The number of epoxide rings is 1. The fourth-order valence-electron chi connectivity index (χ4n) is 4.67. The van der Waals surface area contributed by atoms with Gasteiger partial charge in [0.05, 0.1) is 5.92 Å². The summed E-state index contributed by atoms with van der Waals surface area (Å²) in [5.74, 6) is -2.26. The van der Waals surface area contributed by atoms with Crippen molar-refractivity contribution in [1.29, 1.82) is 0 Å². The summed E-state index contributed by atoms with van der Waals surface area (Å²) in [5, 5.41) is 11.6. The molecule has 2 saturated heterocycles. The van der Waals surface area contributed by atoms with Crippen molar-refractivity contribution in [1.82, 2.24) is 0 Å². The van der Waals surface area contributed by atoms with Gasteiger partial charge in [0.25, 0.3) is 0 Å². The van der Waals surface area contributed by atoms with Gasteiger partial charge in [0, 0.05) is 23.1 Å². The predicted octanol–water partition coefficient (Wildman–Crippen LogP) is 1.15. The number of rotatable bonds is 2. The van der Waals surface area contributed by atoms with Gasteiger partial charge >= 0.3 is 11.9 Å². The van der Waals surface area contributed by atoms with Gasteiger partial charge in [-0.2, -0.15) is 0 Å². The maximum Gasteiger partial charge on any atom is 0.334 e. The van der Waals surface area contributed by atoms with Crippen molar-refractivity contribution in [2.24, 2.45) is 5.92 Å². The first-order chi connectivity index (χ1) is 12.6. The standard InChI is InChI=1S/C20H22O7/c1-6-8(2)17(22)25-11-7-9(3)13-14(21)16-19(5,27-16)20(13,24)15-12(11)10(4)18(23)26-15/h6,11-12,15-16,24H,4,7H2,1-3,5H3/b8-6-. The number of esters is 2. The number of ketones is 1. The number of hydrogen-bond acceptors (Lipinski definition) is 7. The Kier molecular flexibility index (Phi) is 3.62. The molecule has 4 rings (SSSR count). The molecule has 0 aromatic heterocycles. The van der Waals surface area contributed by atoms with E-state index < -0.39 is 47.4 Å². The lowest BCUT2D eigenvalue weighted by atomic mass is 9.76. The quantitative estimate of drug-likeness (QED) is 0.439. The first-order valence-electron chi connectivity index (χ1n) is 8.96. The van der Waals surface area contributed by atoms with Gasteiger partial charge in [-0.25, -0.2) is 9.59 Å². The van der Waals surface area contributed by atoms with E-state index in [1.807, 2.05) is 0 Å². The fraction of sp³-hybridized carbons (Fsp3) is 0.550. The van der Waals surface area contributed by atoms with Crippen molar-refractivity contribution in [3.63, 3.8) is 0 Å². The molecule has 1 N–H and O–H groups in total. The second kappa shape index (κ2) is 5.39. The van der Waals surface area contributed by atoms with E-state index in [9.17, 15) is 19.5 Å².